The van der Waals surface area contributed by atoms with Crippen molar-refractivity contribution in [3.63, 3.8) is 0 Å². The Hall–Kier alpha value is -1.09. The summed E-state index contributed by atoms with van der Waals surface area (Å²) in [6.07, 6.45) is 4.15. The molecule has 0 saturated heterocycles. The van der Waals surface area contributed by atoms with Crippen LogP contribution in [0.5, 0.6) is 0 Å². The first-order valence-electron chi connectivity index (χ1n) is 5.25. The summed E-state index contributed by atoms with van der Waals surface area (Å²) in [5.74, 6) is 0.647. The van der Waals surface area contributed by atoms with Crippen molar-refractivity contribution in [3.8, 4) is 0 Å². The number of nitrogens with zero attached hydrogens (tertiary/aromatic N) is 2. The second-order valence-corrected chi connectivity index (χ2v) is 3.81. The molecule has 1 aliphatic heterocycles. The van der Waals surface area contributed by atoms with E-state index in [2.05, 4.69) is 16.8 Å². The van der Waals surface area contributed by atoms with E-state index in [1.54, 1.807) is 0 Å². The molecule has 2 N–H and O–H groups in total. The lowest BCUT2D eigenvalue weighted by Crippen LogP contribution is -2.25. The minimum absolute atomic E-state index is 0.647. The molecule has 3 nitrogen and oxygen atoms in total. The van der Waals surface area contributed by atoms with E-state index in [-0.39, 0.29) is 0 Å². The largest absolute Gasteiger partial charge is 0.384 e. The third kappa shape index (κ3) is 1.87. The van der Waals surface area contributed by atoms with Gasteiger partial charge in [-0.1, -0.05) is 6.92 Å². The summed E-state index contributed by atoms with van der Waals surface area (Å²) in [5.41, 5.74) is 8.43. The van der Waals surface area contributed by atoms with Gasteiger partial charge in [0.15, 0.2) is 0 Å². The smallest absolute Gasteiger partial charge is 0.123 e. The Kier molecular flexibility index (Phi) is 2.68. The van der Waals surface area contributed by atoms with Gasteiger partial charge in [-0.2, -0.15) is 0 Å². The van der Waals surface area contributed by atoms with Crippen LogP contribution >= 0.6 is 0 Å². The van der Waals surface area contributed by atoms with Crippen molar-refractivity contribution in [3.05, 3.63) is 23.4 Å². The second kappa shape index (κ2) is 3.96. The topological polar surface area (TPSA) is 42.2 Å². The van der Waals surface area contributed by atoms with Crippen molar-refractivity contribution in [1.82, 2.24) is 9.88 Å². The zero-order valence-corrected chi connectivity index (χ0v) is 8.66. The lowest BCUT2D eigenvalue weighted by Gasteiger charge is -2.16. The molecule has 1 aliphatic rings. The van der Waals surface area contributed by atoms with E-state index in [0.717, 1.165) is 32.5 Å². The Labute approximate surface area is 84.9 Å². The Morgan fingerprint density at radius 3 is 2.79 bits per heavy atom. The average molecular weight is 191 g/mol. The van der Waals surface area contributed by atoms with Gasteiger partial charge in [0.2, 0.25) is 0 Å². The molecule has 2 rings (SSSR count). The van der Waals surface area contributed by atoms with Gasteiger partial charge in [-0.25, -0.2) is 4.98 Å². The number of hydrogen-bond acceptors (Lipinski definition) is 3. The number of nitrogens with two attached hydrogens (primary N) is 1. The molecule has 0 amide bonds. The SMILES string of the molecule is CCN1CCc2cnc(N)cc2CC1. The first kappa shape index (κ1) is 9.46. The Balaban J connectivity index is 2.21. The van der Waals surface area contributed by atoms with Crippen LogP contribution in [-0.4, -0.2) is 29.5 Å². The molecule has 0 bridgehead atoms. The minimum atomic E-state index is 0.647. The number of pyridine rings is 1. The van der Waals surface area contributed by atoms with Gasteiger partial charge >= 0.3 is 0 Å². The van der Waals surface area contributed by atoms with Gasteiger partial charge in [0.25, 0.3) is 0 Å². The Bertz CT molecular complexity index is 322. The number of nitrogen functional groups attached to an aromatic ring is 1. The monoisotopic (exact) mass is 191 g/mol. The molecular formula is C11H17N3. The van der Waals surface area contributed by atoms with Gasteiger partial charge in [0.1, 0.15) is 5.82 Å². The predicted molar refractivity (Wildman–Crippen MR) is 58.2 cm³/mol. The molecule has 2 heterocycles. The molecule has 0 saturated carbocycles. The maximum Gasteiger partial charge on any atom is 0.123 e. The zero-order chi connectivity index (χ0) is 9.97. The van der Waals surface area contributed by atoms with Crippen LogP contribution in [-0.2, 0) is 12.8 Å². The normalized spacial score (nSPS) is 17.5. The molecule has 1 aromatic rings. The van der Waals surface area contributed by atoms with Gasteiger partial charge in [-0.15, -0.1) is 0 Å². The maximum atomic E-state index is 5.68. The van der Waals surface area contributed by atoms with E-state index in [9.17, 15) is 0 Å². The number of rotatable bonds is 1. The molecule has 0 unspecified atom stereocenters. The lowest BCUT2D eigenvalue weighted by atomic mass is 10.1. The number of anilines is 1. The summed E-state index contributed by atoms with van der Waals surface area (Å²) in [7, 11) is 0. The summed E-state index contributed by atoms with van der Waals surface area (Å²) >= 11 is 0. The molecule has 14 heavy (non-hydrogen) atoms. The van der Waals surface area contributed by atoms with Crippen LogP contribution in [0.4, 0.5) is 5.82 Å². The van der Waals surface area contributed by atoms with Crippen LogP contribution in [0.3, 0.4) is 0 Å². The molecule has 1 aromatic heterocycles. The van der Waals surface area contributed by atoms with E-state index in [1.807, 2.05) is 12.3 Å². The number of likely N-dealkylation sites (N-methyl/N-ethyl adjacent to an activating group) is 1. The fourth-order valence-electron chi connectivity index (χ4n) is 1.99. The molecule has 0 radical (unpaired) electrons. The summed E-state index contributed by atoms with van der Waals surface area (Å²) in [6, 6.07) is 2.02. The number of fused-ring (bicyclic) bond motifs is 1. The van der Waals surface area contributed by atoms with Crippen molar-refractivity contribution in [1.29, 1.82) is 0 Å². The third-order valence-corrected chi connectivity index (χ3v) is 2.95. The molecule has 76 valence electrons. The highest BCUT2D eigenvalue weighted by Gasteiger charge is 2.12. The molecule has 0 atom stereocenters. The van der Waals surface area contributed by atoms with Crippen molar-refractivity contribution >= 4 is 5.82 Å². The minimum Gasteiger partial charge on any atom is -0.384 e. The standard InChI is InChI=1S/C11H17N3/c1-2-14-5-3-9-7-11(12)13-8-10(9)4-6-14/h7-8H,2-6H2,1H3,(H2,12,13). The molecule has 0 fully saturated rings. The van der Waals surface area contributed by atoms with E-state index < -0.39 is 0 Å². The van der Waals surface area contributed by atoms with Gasteiger partial charge < -0.3 is 10.6 Å². The lowest BCUT2D eigenvalue weighted by molar-refractivity contribution is 0.303. The molecule has 0 aliphatic carbocycles. The quantitative estimate of drug-likeness (QED) is 0.722. The predicted octanol–water partition coefficient (Wildman–Crippen LogP) is 1.08. The maximum absolute atomic E-state index is 5.68. The van der Waals surface area contributed by atoms with E-state index in [4.69, 9.17) is 5.73 Å². The van der Waals surface area contributed by atoms with Gasteiger partial charge in [-0.3, -0.25) is 0 Å². The summed E-state index contributed by atoms with van der Waals surface area (Å²) < 4.78 is 0. The first-order chi connectivity index (χ1) is 6.79. The van der Waals surface area contributed by atoms with Crippen LogP contribution in [0, 0.1) is 0 Å². The van der Waals surface area contributed by atoms with Gasteiger partial charge in [-0.05, 0) is 36.6 Å². The van der Waals surface area contributed by atoms with Crippen LogP contribution in [0.1, 0.15) is 18.1 Å². The van der Waals surface area contributed by atoms with E-state index in [0.29, 0.717) is 5.82 Å². The van der Waals surface area contributed by atoms with Gasteiger partial charge in [0, 0.05) is 19.3 Å². The number of aromatic nitrogens is 1. The number of hydrogen-bond donors (Lipinski definition) is 1. The highest BCUT2D eigenvalue weighted by atomic mass is 15.1. The van der Waals surface area contributed by atoms with Crippen molar-refractivity contribution in [2.24, 2.45) is 0 Å². The average Bonchev–Trinajstić information content (AvgIpc) is 2.39. The fourth-order valence-corrected chi connectivity index (χ4v) is 1.99. The Morgan fingerprint density at radius 1 is 1.36 bits per heavy atom. The summed E-state index contributed by atoms with van der Waals surface area (Å²) in [5, 5.41) is 0. The highest BCUT2D eigenvalue weighted by Crippen LogP contribution is 2.16. The highest BCUT2D eigenvalue weighted by molar-refractivity contribution is 5.37. The third-order valence-electron chi connectivity index (χ3n) is 2.95. The summed E-state index contributed by atoms with van der Waals surface area (Å²) in [4.78, 5) is 6.61. The van der Waals surface area contributed by atoms with Crippen LogP contribution in [0.2, 0.25) is 0 Å². The van der Waals surface area contributed by atoms with Crippen LogP contribution < -0.4 is 5.73 Å². The molecule has 0 spiro atoms. The molecule has 0 aromatic carbocycles. The summed E-state index contributed by atoms with van der Waals surface area (Å²) in [6.45, 7) is 5.64. The molecular weight excluding hydrogens is 174 g/mol. The first-order valence-corrected chi connectivity index (χ1v) is 5.25. The zero-order valence-electron chi connectivity index (χ0n) is 8.66. The van der Waals surface area contributed by atoms with E-state index in [1.165, 1.54) is 11.1 Å². The van der Waals surface area contributed by atoms with Crippen molar-refractivity contribution in [2.45, 2.75) is 19.8 Å². The second-order valence-electron chi connectivity index (χ2n) is 3.81. The molecule has 3 heteroatoms. The fraction of sp³-hybridized carbons (Fsp3) is 0.545. The van der Waals surface area contributed by atoms with Crippen LogP contribution in [0.15, 0.2) is 12.3 Å². The van der Waals surface area contributed by atoms with Crippen molar-refractivity contribution in [2.75, 3.05) is 25.4 Å². The van der Waals surface area contributed by atoms with E-state index >= 15 is 0 Å². The van der Waals surface area contributed by atoms with Gasteiger partial charge in [0.05, 0.1) is 0 Å². The van der Waals surface area contributed by atoms with Crippen molar-refractivity contribution < 1.29 is 0 Å². The Morgan fingerprint density at radius 2 is 2.07 bits per heavy atom. The van der Waals surface area contributed by atoms with Crippen LogP contribution in [0.25, 0.3) is 0 Å².